The fraction of sp³-hybridized carbons (Fsp3) is 0.381. The second kappa shape index (κ2) is 8.74. The summed E-state index contributed by atoms with van der Waals surface area (Å²) in [5.74, 6) is 1.02. The number of pyridine rings is 1. The van der Waals surface area contributed by atoms with Gasteiger partial charge in [0.15, 0.2) is 5.82 Å². The number of likely N-dealkylation sites (N-methyl/N-ethyl adjacent to an activating group) is 1. The van der Waals surface area contributed by atoms with Crippen molar-refractivity contribution in [2.45, 2.75) is 25.5 Å². The molecule has 1 atom stereocenters. The molecule has 3 heterocycles. The number of halogens is 2. The number of aromatic nitrogens is 3. The number of methoxy groups -OCH3 is 1. The molecular formula is C21H23F2N5O2. The molecule has 7 nitrogen and oxygen atoms in total. The Morgan fingerprint density at radius 2 is 2.07 bits per heavy atom. The Hall–Kier alpha value is -3.07. The monoisotopic (exact) mass is 415 g/mol. The van der Waals surface area contributed by atoms with Crippen molar-refractivity contribution in [2.75, 3.05) is 32.6 Å². The second-order valence-corrected chi connectivity index (χ2v) is 7.30. The van der Waals surface area contributed by atoms with Crippen molar-refractivity contribution >= 4 is 16.6 Å². The summed E-state index contributed by atoms with van der Waals surface area (Å²) in [5, 5.41) is 13.7. The fourth-order valence-corrected chi connectivity index (χ4v) is 3.80. The topological polar surface area (TPSA) is 72.4 Å². The van der Waals surface area contributed by atoms with Crippen molar-refractivity contribution in [3.05, 3.63) is 36.7 Å². The lowest BCUT2D eigenvalue weighted by Crippen LogP contribution is -2.40. The largest absolute Gasteiger partial charge is 0.497 e. The first-order chi connectivity index (χ1) is 14.5. The molecule has 0 spiro atoms. The van der Waals surface area contributed by atoms with Gasteiger partial charge in [0, 0.05) is 47.4 Å². The maximum absolute atomic E-state index is 13.0. The fourth-order valence-electron chi connectivity index (χ4n) is 3.80. The normalized spacial score (nSPS) is 17.3. The molecule has 1 saturated heterocycles. The first kappa shape index (κ1) is 20.2. The first-order valence-corrected chi connectivity index (χ1v) is 9.74. The van der Waals surface area contributed by atoms with E-state index in [-0.39, 0.29) is 11.8 Å². The predicted octanol–water partition coefficient (Wildman–Crippen LogP) is 3.81. The Labute approximate surface area is 173 Å². The zero-order valence-corrected chi connectivity index (χ0v) is 16.8. The second-order valence-electron chi connectivity index (χ2n) is 7.30. The summed E-state index contributed by atoms with van der Waals surface area (Å²) in [4.78, 5) is 6.50. The van der Waals surface area contributed by atoms with Crippen molar-refractivity contribution in [1.82, 2.24) is 20.1 Å². The molecule has 0 bridgehead atoms. The highest BCUT2D eigenvalue weighted by molar-refractivity contribution is 6.00. The number of ether oxygens (including phenoxy) is 2. The van der Waals surface area contributed by atoms with Gasteiger partial charge in [-0.15, -0.1) is 10.2 Å². The number of likely N-dealkylation sites (tertiary alicyclic amines) is 1. The van der Waals surface area contributed by atoms with Gasteiger partial charge in [0.1, 0.15) is 17.2 Å². The number of hydrogen-bond acceptors (Lipinski definition) is 7. The maximum atomic E-state index is 13.0. The molecule has 1 aliphatic rings. The average molecular weight is 415 g/mol. The molecule has 1 aromatic carbocycles. The van der Waals surface area contributed by atoms with Gasteiger partial charge >= 0.3 is 6.61 Å². The van der Waals surface area contributed by atoms with E-state index in [4.69, 9.17) is 9.47 Å². The third-order valence-corrected chi connectivity index (χ3v) is 5.21. The van der Waals surface area contributed by atoms with Gasteiger partial charge in [-0.05, 0) is 44.6 Å². The summed E-state index contributed by atoms with van der Waals surface area (Å²) < 4.78 is 35.9. The van der Waals surface area contributed by atoms with Gasteiger partial charge in [-0.25, -0.2) is 0 Å². The van der Waals surface area contributed by atoms with E-state index in [1.54, 1.807) is 30.6 Å². The number of anilines is 1. The van der Waals surface area contributed by atoms with E-state index in [1.807, 2.05) is 0 Å². The summed E-state index contributed by atoms with van der Waals surface area (Å²) in [6.45, 7) is -0.980. The molecule has 158 valence electrons. The van der Waals surface area contributed by atoms with Crippen LogP contribution in [0.5, 0.6) is 11.5 Å². The number of fused-ring (bicyclic) bond motifs is 1. The third kappa shape index (κ3) is 4.25. The number of nitrogens with zero attached hydrogens (tertiary/aromatic N) is 4. The number of nitrogens with one attached hydrogen (secondary N) is 1. The molecule has 1 fully saturated rings. The summed E-state index contributed by atoms with van der Waals surface area (Å²) >= 11 is 0. The van der Waals surface area contributed by atoms with Crippen molar-refractivity contribution in [2.24, 2.45) is 0 Å². The van der Waals surface area contributed by atoms with Crippen LogP contribution in [0.4, 0.5) is 14.6 Å². The van der Waals surface area contributed by atoms with Gasteiger partial charge < -0.3 is 19.7 Å². The van der Waals surface area contributed by atoms with E-state index in [0.717, 1.165) is 36.7 Å². The van der Waals surface area contributed by atoms with Crippen LogP contribution >= 0.6 is 0 Å². The van der Waals surface area contributed by atoms with Gasteiger partial charge in [0.25, 0.3) is 0 Å². The van der Waals surface area contributed by atoms with Gasteiger partial charge in [0.05, 0.1) is 7.11 Å². The van der Waals surface area contributed by atoms with Crippen LogP contribution in [0.15, 0.2) is 36.7 Å². The zero-order chi connectivity index (χ0) is 21.1. The first-order valence-electron chi connectivity index (χ1n) is 9.74. The minimum absolute atomic E-state index is 0.0219. The molecule has 0 amide bonds. The Bertz CT molecular complexity index is 1030. The van der Waals surface area contributed by atoms with E-state index < -0.39 is 6.61 Å². The lowest BCUT2D eigenvalue weighted by Gasteiger charge is -2.30. The van der Waals surface area contributed by atoms with Crippen molar-refractivity contribution in [1.29, 1.82) is 0 Å². The zero-order valence-electron chi connectivity index (χ0n) is 16.8. The number of piperidine rings is 1. The highest BCUT2D eigenvalue weighted by Crippen LogP contribution is 2.37. The van der Waals surface area contributed by atoms with Gasteiger partial charge in [-0.2, -0.15) is 8.78 Å². The van der Waals surface area contributed by atoms with Crippen LogP contribution in [0.25, 0.3) is 22.0 Å². The number of alkyl halides is 2. The lowest BCUT2D eigenvalue weighted by molar-refractivity contribution is -0.0495. The van der Waals surface area contributed by atoms with E-state index in [0.29, 0.717) is 22.8 Å². The molecule has 0 aliphatic carbocycles. The Morgan fingerprint density at radius 1 is 1.20 bits per heavy atom. The van der Waals surface area contributed by atoms with Crippen LogP contribution in [0.2, 0.25) is 0 Å². The Morgan fingerprint density at radius 3 is 2.83 bits per heavy atom. The predicted molar refractivity (Wildman–Crippen MR) is 110 cm³/mol. The van der Waals surface area contributed by atoms with Crippen LogP contribution in [0, 0.1) is 0 Å². The molecule has 1 aliphatic heterocycles. The minimum Gasteiger partial charge on any atom is -0.497 e. The summed E-state index contributed by atoms with van der Waals surface area (Å²) in [6.07, 6.45) is 5.50. The molecule has 0 saturated carbocycles. The van der Waals surface area contributed by atoms with Crippen molar-refractivity contribution in [3.8, 4) is 22.8 Å². The van der Waals surface area contributed by atoms with E-state index in [9.17, 15) is 8.78 Å². The summed E-state index contributed by atoms with van der Waals surface area (Å²) in [6, 6.07) is 6.79. The molecule has 2 aromatic heterocycles. The van der Waals surface area contributed by atoms with E-state index in [2.05, 4.69) is 32.4 Å². The van der Waals surface area contributed by atoms with Crippen LogP contribution in [0.3, 0.4) is 0 Å². The molecule has 9 heteroatoms. The van der Waals surface area contributed by atoms with Gasteiger partial charge in [-0.3, -0.25) is 4.98 Å². The van der Waals surface area contributed by atoms with Crippen molar-refractivity contribution in [3.63, 3.8) is 0 Å². The molecular weight excluding hydrogens is 392 g/mol. The highest BCUT2D eigenvalue weighted by atomic mass is 19.3. The van der Waals surface area contributed by atoms with Gasteiger partial charge in [-0.1, -0.05) is 0 Å². The average Bonchev–Trinajstić information content (AvgIpc) is 2.74. The number of rotatable bonds is 6. The Balaban J connectivity index is 1.76. The van der Waals surface area contributed by atoms with E-state index >= 15 is 0 Å². The SMILES string of the molecule is COc1ccc(-c2nnc(N[C@@H]3CCCN(C)C3)c3cnccc23)c(OC(F)F)c1. The van der Waals surface area contributed by atoms with Crippen LogP contribution < -0.4 is 14.8 Å². The highest BCUT2D eigenvalue weighted by Gasteiger charge is 2.21. The van der Waals surface area contributed by atoms with Crippen LogP contribution in [-0.2, 0) is 0 Å². The molecule has 3 aromatic rings. The minimum atomic E-state index is -2.97. The molecule has 1 N–H and O–H groups in total. The molecule has 0 unspecified atom stereocenters. The van der Waals surface area contributed by atoms with E-state index in [1.165, 1.54) is 13.2 Å². The van der Waals surface area contributed by atoms with Crippen LogP contribution in [0.1, 0.15) is 12.8 Å². The number of benzene rings is 1. The smallest absolute Gasteiger partial charge is 0.387 e. The molecule has 4 rings (SSSR count). The van der Waals surface area contributed by atoms with Crippen molar-refractivity contribution < 1.29 is 18.3 Å². The molecule has 30 heavy (non-hydrogen) atoms. The number of hydrogen-bond donors (Lipinski definition) is 1. The maximum Gasteiger partial charge on any atom is 0.387 e. The standard InChI is InChI=1S/C21H23F2N5O2/c1-28-9-3-4-13(12-28)25-20-17-11-24-8-7-15(17)19(26-27-20)16-6-5-14(29-2)10-18(16)30-21(22)23/h5-8,10-11,13,21H,3-4,9,12H2,1-2H3,(H,25,27)/t13-/m1/s1. The molecule has 0 radical (unpaired) electrons. The summed E-state index contributed by atoms with van der Waals surface area (Å²) in [5.41, 5.74) is 0.848. The Kier molecular flexibility index (Phi) is 5.89. The lowest BCUT2D eigenvalue weighted by atomic mass is 10.0. The quantitative estimate of drug-likeness (QED) is 0.656. The third-order valence-electron chi connectivity index (χ3n) is 5.21. The van der Waals surface area contributed by atoms with Gasteiger partial charge in [0.2, 0.25) is 0 Å². The summed E-state index contributed by atoms with van der Waals surface area (Å²) in [7, 11) is 3.56. The van der Waals surface area contributed by atoms with Crippen LogP contribution in [-0.4, -0.2) is 60.0 Å².